The topological polar surface area (TPSA) is 87.0 Å². The molecule has 6 nitrogen and oxygen atoms in total. The number of rotatable bonds is 8. The summed E-state index contributed by atoms with van der Waals surface area (Å²) < 4.78 is 16.9. The molecule has 0 spiro atoms. The molecule has 98 valence electrons. The Morgan fingerprint density at radius 2 is 1.94 bits per heavy atom. The molecule has 0 aromatic carbocycles. The first-order chi connectivity index (χ1) is 7.16. The highest BCUT2D eigenvalue weighted by Crippen LogP contribution is 2.42. The van der Waals surface area contributed by atoms with Crippen molar-refractivity contribution < 1.29 is 28.7 Å². The van der Waals surface area contributed by atoms with Crippen LogP contribution in [0, 0.1) is 0 Å². The summed E-state index contributed by atoms with van der Waals surface area (Å²) in [5.74, 6) is 0. The normalized spacial score (nSPS) is 18.1. The molecule has 0 radical (unpaired) electrons. The first-order valence-corrected chi connectivity index (χ1v) is 6.98. The predicted octanol–water partition coefficient (Wildman–Crippen LogP) is -0.362. The fraction of sp³-hybridized carbons (Fsp3) is 1.00. The van der Waals surface area contributed by atoms with Gasteiger partial charge in [-0.1, -0.05) is 0 Å². The van der Waals surface area contributed by atoms with Crippen LogP contribution in [-0.4, -0.2) is 72.8 Å². The minimum absolute atomic E-state index is 0.0701. The Morgan fingerprint density at radius 3 is 2.38 bits per heavy atom. The highest BCUT2D eigenvalue weighted by Gasteiger charge is 2.21. The van der Waals surface area contributed by atoms with Gasteiger partial charge in [-0.15, -0.1) is 0 Å². The highest BCUT2D eigenvalue weighted by molar-refractivity contribution is 7.52. The average Bonchev–Trinajstić information content (AvgIpc) is 2.12. The summed E-state index contributed by atoms with van der Waals surface area (Å²) in [6, 6.07) is 0. The van der Waals surface area contributed by atoms with Gasteiger partial charge in [-0.2, -0.15) is 0 Å². The zero-order valence-corrected chi connectivity index (χ0v) is 11.1. The molecule has 16 heavy (non-hydrogen) atoms. The van der Waals surface area contributed by atoms with Gasteiger partial charge < -0.3 is 24.1 Å². The van der Waals surface area contributed by atoms with Crippen LogP contribution in [0.5, 0.6) is 0 Å². The van der Waals surface area contributed by atoms with Crippen molar-refractivity contribution >= 4 is 7.60 Å². The van der Waals surface area contributed by atoms with E-state index < -0.39 is 20.3 Å². The summed E-state index contributed by atoms with van der Waals surface area (Å²) in [5, 5.41) is 17.5. The maximum atomic E-state index is 11.5. The number of nitrogens with zero attached hydrogens (tertiary/aromatic N) is 1. The monoisotopic (exact) mass is 256 g/mol. The summed E-state index contributed by atoms with van der Waals surface area (Å²) >= 11 is 0. The Balaban J connectivity index is 3.83. The Bertz CT molecular complexity index is 241. The van der Waals surface area contributed by atoms with Crippen molar-refractivity contribution in [3.63, 3.8) is 0 Å². The van der Waals surface area contributed by atoms with Crippen LogP contribution in [0.2, 0.25) is 0 Å². The van der Waals surface area contributed by atoms with Gasteiger partial charge in [-0.3, -0.25) is 4.57 Å². The lowest BCUT2D eigenvalue weighted by atomic mass is 10.4. The summed E-state index contributed by atoms with van der Waals surface area (Å²) in [6.45, 7) is -0.00992. The highest BCUT2D eigenvalue weighted by atomic mass is 31.2. The maximum absolute atomic E-state index is 11.5. The van der Waals surface area contributed by atoms with E-state index in [2.05, 4.69) is 0 Å². The number of quaternary nitrogens is 1. The molecule has 3 N–H and O–H groups in total. The molecule has 0 aromatic heterocycles. The van der Waals surface area contributed by atoms with E-state index in [4.69, 9.17) is 14.7 Å². The molecule has 0 aliphatic rings. The zero-order valence-electron chi connectivity index (χ0n) is 10.2. The molecule has 7 heteroatoms. The standard InChI is InChI=1S/C9H22NO5P/c1-10(2,3)5-4-6-16(13,14)15-8-9(12)7-11/h9,11-12H,4-8H2,1-3H3/p+1/t9-/m0/s1. The van der Waals surface area contributed by atoms with Gasteiger partial charge in [0, 0.05) is 6.42 Å². The predicted molar refractivity (Wildman–Crippen MR) is 61.3 cm³/mol. The summed E-state index contributed by atoms with van der Waals surface area (Å²) in [7, 11) is 2.37. The van der Waals surface area contributed by atoms with Crippen LogP contribution in [0.3, 0.4) is 0 Å². The number of aliphatic hydroxyl groups excluding tert-OH is 2. The van der Waals surface area contributed by atoms with Crippen molar-refractivity contribution in [3.8, 4) is 0 Å². The van der Waals surface area contributed by atoms with Gasteiger partial charge in [0.25, 0.3) is 0 Å². The van der Waals surface area contributed by atoms with Gasteiger partial charge in [0.2, 0.25) is 0 Å². The zero-order chi connectivity index (χ0) is 12.8. The van der Waals surface area contributed by atoms with E-state index in [0.717, 1.165) is 11.0 Å². The van der Waals surface area contributed by atoms with Crippen molar-refractivity contribution in [3.05, 3.63) is 0 Å². The molecule has 0 aromatic rings. The van der Waals surface area contributed by atoms with E-state index in [1.807, 2.05) is 21.1 Å². The average molecular weight is 256 g/mol. The first-order valence-electron chi connectivity index (χ1n) is 5.22. The molecule has 0 saturated heterocycles. The van der Waals surface area contributed by atoms with Crippen molar-refractivity contribution in [2.75, 3.05) is 47.1 Å². The molecular formula is C9H23NO5P+. The van der Waals surface area contributed by atoms with Gasteiger partial charge in [-0.05, 0) is 0 Å². The van der Waals surface area contributed by atoms with E-state index in [0.29, 0.717) is 6.42 Å². The van der Waals surface area contributed by atoms with Crippen LogP contribution in [0.15, 0.2) is 0 Å². The van der Waals surface area contributed by atoms with Crippen LogP contribution in [0.4, 0.5) is 0 Å². The summed E-state index contributed by atoms with van der Waals surface area (Å²) in [6.07, 6.45) is -0.452. The smallest absolute Gasteiger partial charge is 0.328 e. The first kappa shape index (κ1) is 16.0. The lowest BCUT2D eigenvalue weighted by Gasteiger charge is -2.24. The molecule has 2 atom stereocenters. The number of aliphatic hydroxyl groups is 2. The Labute approximate surface area is 96.6 Å². The van der Waals surface area contributed by atoms with Gasteiger partial charge >= 0.3 is 7.60 Å². The van der Waals surface area contributed by atoms with Crippen LogP contribution in [0.25, 0.3) is 0 Å². The van der Waals surface area contributed by atoms with Crippen LogP contribution >= 0.6 is 7.60 Å². The van der Waals surface area contributed by atoms with Gasteiger partial charge in [0.1, 0.15) is 6.10 Å². The molecule has 1 unspecified atom stereocenters. The SMILES string of the molecule is C[N+](C)(C)CCCP(=O)(O)OC[C@@H](O)CO. The van der Waals surface area contributed by atoms with Crippen molar-refractivity contribution in [2.24, 2.45) is 0 Å². The third-order valence-electron chi connectivity index (χ3n) is 1.95. The third-order valence-corrected chi connectivity index (χ3v) is 3.38. The van der Waals surface area contributed by atoms with Gasteiger partial charge in [-0.25, -0.2) is 0 Å². The second-order valence-electron chi connectivity index (χ2n) is 4.86. The minimum Gasteiger partial charge on any atom is -0.394 e. The second-order valence-corrected chi connectivity index (χ2v) is 6.84. The van der Waals surface area contributed by atoms with Gasteiger partial charge in [0.15, 0.2) is 0 Å². The van der Waals surface area contributed by atoms with Gasteiger partial charge in [0.05, 0.1) is 47.1 Å². The molecule has 0 saturated carbocycles. The lowest BCUT2D eigenvalue weighted by molar-refractivity contribution is -0.870. The van der Waals surface area contributed by atoms with E-state index in [9.17, 15) is 9.46 Å². The van der Waals surface area contributed by atoms with Crippen molar-refractivity contribution in [2.45, 2.75) is 12.5 Å². The van der Waals surface area contributed by atoms with Crippen LogP contribution in [-0.2, 0) is 9.09 Å². The fourth-order valence-electron chi connectivity index (χ4n) is 1.06. The third kappa shape index (κ3) is 9.27. The van der Waals surface area contributed by atoms with E-state index in [-0.39, 0.29) is 12.8 Å². The summed E-state index contributed by atoms with van der Waals surface area (Å²) in [4.78, 5) is 9.39. The largest absolute Gasteiger partial charge is 0.394 e. The molecule has 0 bridgehead atoms. The molecule has 0 aliphatic heterocycles. The number of hydrogen-bond acceptors (Lipinski definition) is 4. The Hall–Kier alpha value is 0.0300. The maximum Gasteiger partial charge on any atom is 0.328 e. The number of hydrogen-bond donors (Lipinski definition) is 3. The molecule has 0 amide bonds. The quantitative estimate of drug-likeness (QED) is 0.408. The Morgan fingerprint density at radius 1 is 1.38 bits per heavy atom. The van der Waals surface area contributed by atoms with E-state index in [1.165, 1.54) is 0 Å². The molecule has 0 fully saturated rings. The summed E-state index contributed by atoms with van der Waals surface area (Å²) in [5.41, 5.74) is 0. The minimum atomic E-state index is -3.63. The van der Waals surface area contributed by atoms with Crippen LogP contribution < -0.4 is 0 Å². The van der Waals surface area contributed by atoms with E-state index in [1.54, 1.807) is 0 Å². The molecule has 0 rings (SSSR count). The van der Waals surface area contributed by atoms with Crippen LogP contribution in [0.1, 0.15) is 6.42 Å². The Kier molecular flexibility index (Phi) is 6.70. The molecule has 0 heterocycles. The fourth-order valence-corrected chi connectivity index (χ4v) is 2.14. The van der Waals surface area contributed by atoms with Crippen molar-refractivity contribution in [1.82, 2.24) is 0 Å². The van der Waals surface area contributed by atoms with E-state index >= 15 is 0 Å². The molecular weight excluding hydrogens is 233 g/mol. The lowest BCUT2D eigenvalue weighted by Crippen LogP contribution is -2.35. The molecule has 0 aliphatic carbocycles. The van der Waals surface area contributed by atoms with Crippen molar-refractivity contribution in [1.29, 1.82) is 0 Å². The second kappa shape index (κ2) is 6.69.